The summed E-state index contributed by atoms with van der Waals surface area (Å²) >= 11 is 0. The number of nitrogens with zero attached hydrogens (tertiary/aromatic N) is 3. The highest BCUT2D eigenvalue weighted by atomic mass is 16.4. The molecule has 0 aromatic carbocycles. The number of rotatable bonds is 3. The van der Waals surface area contributed by atoms with Crippen LogP contribution in [0.1, 0.15) is 12.7 Å². The maximum Gasteiger partial charge on any atom is 0.323 e. The number of hydrogen-bond donors (Lipinski definition) is 3. The third kappa shape index (κ3) is 1.76. The molecule has 0 aliphatic rings. The molecular weight excluding hydrogens is 162 g/mol. The Kier molecular flexibility index (Phi) is 2.05. The van der Waals surface area contributed by atoms with Crippen molar-refractivity contribution in [2.24, 2.45) is 5.73 Å². The number of aliphatic carboxylic acids is 1. The fourth-order valence-electron chi connectivity index (χ4n) is 0.661. The maximum absolute atomic E-state index is 10.5. The van der Waals surface area contributed by atoms with Crippen LogP contribution in [0.5, 0.6) is 0 Å². The zero-order chi connectivity index (χ0) is 9.19. The predicted molar refractivity (Wildman–Crippen MR) is 38.1 cm³/mol. The summed E-state index contributed by atoms with van der Waals surface area (Å²) < 4.78 is 0. The van der Waals surface area contributed by atoms with Crippen LogP contribution in [-0.2, 0) is 11.2 Å². The van der Waals surface area contributed by atoms with Crippen LogP contribution in [0.2, 0.25) is 0 Å². The summed E-state index contributed by atoms with van der Waals surface area (Å²) in [6.07, 6.45) is 0.0544. The Morgan fingerprint density at radius 3 is 2.92 bits per heavy atom. The van der Waals surface area contributed by atoms with Gasteiger partial charge < -0.3 is 10.8 Å². The highest BCUT2D eigenvalue weighted by Gasteiger charge is 2.29. The second kappa shape index (κ2) is 2.86. The minimum Gasteiger partial charge on any atom is -0.480 e. The van der Waals surface area contributed by atoms with E-state index in [0.717, 1.165) is 0 Å². The summed E-state index contributed by atoms with van der Waals surface area (Å²) in [7, 11) is 0. The lowest BCUT2D eigenvalue weighted by atomic mass is 10.00. The first-order valence-corrected chi connectivity index (χ1v) is 3.27. The van der Waals surface area contributed by atoms with Gasteiger partial charge in [-0.3, -0.25) is 4.79 Å². The summed E-state index contributed by atoms with van der Waals surface area (Å²) in [5.74, 6) is -0.797. The van der Waals surface area contributed by atoms with E-state index in [0.29, 0.717) is 5.82 Å². The molecule has 0 aliphatic heterocycles. The van der Waals surface area contributed by atoms with Crippen LogP contribution in [0.15, 0.2) is 0 Å². The van der Waals surface area contributed by atoms with Gasteiger partial charge in [0.15, 0.2) is 5.82 Å². The largest absolute Gasteiger partial charge is 0.480 e. The summed E-state index contributed by atoms with van der Waals surface area (Å²) in [6.45, 7) is 1.39. The van der Waals surface area contributed by atoms with Crippen LogP contribution in [-0.4, -0.2) is 37.2 Å². The topological polar surface area (TPSA) is 118 Å². The van der Waals surface area contributed by atoms with Gasteiger partial charge in [-0.25, -0.2) is 0 Å². The number of carbonyl (C=O) groups is 1. The van der Waals surface area contributed by atoms with Gasteiger partial charge in [-0.15, -0.1) is 10.2 Å². The molecule has 1 heterocycles. The molecule has 0 saturated heterocycles. The molecule has 66 valence electrons. The summed E-state index contributed by atoms with van der Waals surface area (Å²) in [6, 6.07) is 0. The average Bonchev–Trinajstić information content (AvgIpc) is 2.38. The third-order valence-electron chi connectivity index (χ3n) is 1.40. The first-order valence-electron chi connectivity index (χ1n) is 3.27. The van der Waals surface area contributed by atoms with Gasteiger partial charge in [0.25, 0.3) is 0 Å². The smallest absolute Gasteiger partial charge is 0.323 e. The van der Waals surface area contributed by atoms with E-state index in [4.69, 9.17) is 10.8 Å². The lowest BCUT2D eigenvalue weighted by Crippen LogP contribution is -2.47. The number of nitrogens with one attached hydrogen (secondary N) is 1. The molecule has 0 radical (unpaired) electrons. The highest BCUT2D eigenvalue weighted by molar-refractivity contribution is 5.78. The third-order valence-corrected chi connectivity index (χ3v) is 1.40. The minimum atomic E-state index is -1.34. The second-order valence-corrected chi connectivity index (χ2v) is 2.73. The normalized spacial score (nSPS) is 15.5. The van der Waals surface area contributed by atoms with Crippen molar-refractivity contribution in [2.45, 2.75) is 18.9 Å². The van der Waals surface area contributed by atoms with E-state index in [1.54, 1.807) is 0 Å². The average molecular weight is 171 g/mol. The molecule has 0 saturated carbocycles. The number of hydrogen-bond acceptors (Lipinski definition) is 5. The Hall–Kier alpha value is -1.50. The van der Waals surface area contributed by atoms with Gasteiger partial charge in [-0.1, -0.05) is 5.21 Å². The zero-order valence-electron chi connectivity index (χ0n) is 6.48. The molecule has 1 atom stereocenters. The summed E-state index contributed by atoms with van der Waals surface area (Å²) in [5, 5.41) is 21.3. The van der Waals surface area contributed by atoms with Crippen molar-refractivity contribution < 1.29 is 9.90 Å². The van der Waals surface area contributed by atoms with E-state index in [1.165, 1.54) is 6.92 Å². The Morgan fingerprint density at radius 2 is 2.50 bits per heavy atom. The number of nitrogens with two attached hydrogens (primary N) is 1. The minimum absolute atomic E-state index is 0.0544. The Morgan fingerprint density at radius 1 is 1.83 bits per heavy atom. The van der Waals surface area contributed by atoms with Crippen LogP contribution >= 0.6 is 0 Å². The molecule has 0 bridgehead atoms. The highest BCUT2D eigenvalue weighted by Crippen LogP contribution is 2.05. The molecule has 7 nitrogen and oxygen atoms in total. The van der Waals surface area contributed by atoms with Crippen LogP contribution < -0.4 is 5.73 Å². The van der Waals surface area contributed by atoms with E-state index < -0.39 is 11.5 Å². The van der Waals surface area contributed by atoms with Gasteiger partial charge in [-0.2, -0.15) is 5.21 Å². The quantitative estimate of drug-likeness (QED) is 0.511. The van der Waals surface area contributed by atoms with E-state index in [2.05, 4.69) is 20.6 Å². The van der Waals surface area contributed by atoms with Gasteiger partial charge >= 0.3 is 5.97 Å². The number of tetrazole rings is 1. The van der Waals surface area contributed by atoms with Crippen molar-refractivity contribution in [3.8, 4) is 0 Å². The SMILES string of the molecule is C[C@](N)(Cc1nn[nH]n1)C(=O)O. The number of aromatic amines is 1. The Balaban J connectivity index is 2.69. The van der Waals surface area contributed by atoms with E-state index in [-0.39, 0.29) is 6.42 Å². The first kappa shape index (κ1) is 8.60. The second-order valence-electron chi connectivity index (χ2n) is 2.73. The van der Waals surface area contributed by atoms with Crippen molar-refractivity contribution >= 4 is 5.97 Å². The molecule has 0 aliphatic carbocycles. The first-order chi connectivity index (χ1) is 5.52. The van der Waals surface area contributed by atoms with Gasteiger partial charge in [0.05, 0.1) is 0 Å². The van der Waals surface area contributed by atoms with Crippen molar-refractivity contribution in [3.05, 3.63) is 5.82 Å². The molecule has 0 amide bonds. The Labute approximate surface area is 68.0 Å². The summed E-state index contributed by atoms with van der Waals surface area (Å²) in [5.41, 5.74) is 4.09. The lowest BCUT2D eigenvalue weighted by molar-refractivity contribution is -0.142. The lowest BCUT2D eigenvalue weighted by Gasteiger charge is -2.15. The standard InChI is InChI=1S/C5H9N5O2/c1-5(6,4(11)12)2-3-7-9-10-8-3/h2,6H2,1H3,(H,11,12)(H,7,8,9,10)/t5-/m0/s1. The fraction of sp³-hybridized carbons (Fsp3) is 0.600. The number of H-pyrrole nitrogens is 1. The van der Waals surface area contributed by atoms with Crippen LogP contribution in [0.4, 0.5) is 0 Å². The van der Waals surface area contributed by atoms with Gasteiger partial charge in [0.2, 0.25) is 0 Å². The predicted octanol–water partition coefficient (Wildman–Crippen LogP) is -1.46. The molecule has 1 aromatic rings. The zero-order valence-corrected chi connectivity index (χ0v) is 6.48. The van der Waals surface area contributed by atoms with Crippen molar-refractivity contribution in [2.75, 3.05) is 0 Å². The molecule has 7 heteroatoms. The van der Waals surface area contributed by atoms with Gasteiger partial charge in [0, 0.05) is 6.42 Å². The molecule has 0 unspecified atom stereocenters. The number of carboxylic acid groups (broad SMARTS) is 1. The fourth-order valence-corrected chi connectivity index (χ4v) is 0.661. The van der Waals surface area contributed by atoms with Crippen molar-refractivity contribution in [3.63, 3.8) is 0 Å². The molecule has 0 spiro atoms. The van der Waals surface area contributed by atoms with Crippen molar-refractivity contribution in [1.29, 1.82) is 0 Å². The number of carboxylic acids is 1. The van der Waals surface area contributed by atoms with Gasteiger partial charge in [-0.05, 0) is 6.92 Å². The van der Waals surface area contributed by atoms with Gasteiger partial charge in [0.1, 0.15) is 5.54 Å². The molecule has 4 N–H and O–H groups in total. The van der Waals surface area contributed by atoms with Crippen LogP contribution in [0.25, 0.3) is 0 Å². The molecular formula is C5H9N5O2. The number of aromatic nitrogens is 4. The Bertz CT molecular complexity index is 267. The van der Waals surface area contributed by atoms with Crippen LogP contribution in [0.3, 0.4) is 0 Å². The monoisotopic (exact) mass is 171 g/mol. The molecule has 0 fully saturated rings. The van der Waals surface area contributed by atoms with Crippen LogP contribution in [0, 0.1) is 0 Å². The van der Waals surface area contributed by atoms with E-state index in [1.807, 2.05) is 0 Å². The van der Waals surface area contributed by atoms with E-state index >= 15 is 0 Å². The molecule has 1 rings (SSSR count). The molecule has 1 aromatic heterocycles. The molecule has 12 heavy (non-hydrogen) atoms. The van der Waals surface area contributed by atoms with Crippen molar-refractivity contribution in [1.82, 2.24) is 20.6 Å². The maximum atomic E-state index is 10.5. The van der Waals surface area contributed by atoms with E-state index in [9.17, 15) is 4.79 Å². The summed E-state index contributed by atoms with van der Waals surface area (Å²) in [4.78, 5) is 10.5.